The molecule has 106 valence electrons. The van der Waals surface area contributed by atoms with E-state index < -0.39 is 10.0 Å². The maximum Gasteiger partial charge on any atom is 0.244 e. The van der Waals surface area contributed by atoms with Gasteiger partial charge >= 0.3 is 0 Å². The Labute approximate surface area is 130 Å². The summed E-state index contributed by atoms with van der Waals surface area (Å²) in [5, 5.41) is 0.318. The van der Waals surface area contributed by atoms with Crippen LogP contribution < -0.4 is 5.73 Å². The van der Waals surface area contributed by atoms with Gasteiger partial charge in [-0.2, -0.15) is 16.1 Å². The second kappa shape index (κ2) is 5.81. The van der Waals surface area contributed by atoms with Crippen molar-refractivity contribution >= 4 is 55.0 Å². The summed E-state index contributed by atoms with van der Waals surface area (Å²) in [6, 6.07) is 2.93. The Balaban J connectivity index is 2.50. The van der Waals surface area contributed by atoms with E-state index in [1.54, 1.807) is 11.8 Å². The van der Waals surface area contributed by atoms with E-state index in [0.717, 1.165) is 11.5 Å². The van der Waals surface area contributed by atoms with Crippen LogP contribution in [-0.4, -0.2) is 36.8 Å². The zero-order valence-electron chi connectivity index (χ0n) is 10.3. The van der Waals surface area contributed by atoms with E-state index in [4.69, 9.17) is 17.3 Å². The average molecular weight is 386 g/mol. The molecule has 1 aliphatic heterocycles. The summed E-state index contributed by atoms with van der Waals surface area (Å²) in [7, 11) is -3.58. The molecule has 19 heavy (non-hydrogen) atoms. The van der Waals surface area contributed by atoms with Crippen LogP contribution in [-0.2, 0) is 10.0 Å². The Morgan fingerprint density at radius 1 is 1.53 bits per heavy atom. The van der Waals surface area contributed by atoms with Crippen molar-refractivity contribution in [2.45, 2.75) is 17.9 Å². The molecule has 0 amide bonds. The van der Waals surface area contributed by atoms with Gasteiger partial charge in [0.05, 0.1) is 9.37 Å². The van der Waals surface area contributed by atoms with E-state index in [9.17, 15) is 8.42 Å². The third-order valence-electron chi connectivity index (χ3n) is 2.93. The fraction of sp³-hybridized carbons (Fsp3) is 0.455. The summed E-state index contributed by atoms with van der Waals surface area (Å²) in [4.78, 5) is 0.135. The molecule has 1 aromatic rings. The smallest absolute Gasteiger partial charge is 0.244 e. The quantitative estimate of drug-likeness (QED) is 0.795. The maximum atomic E-state index is 12.7. The molecule has 0 bridgehead atoms. The Morgan fingerprint density at radius 2 is 2.21 bits per heavy atom. The summed E-state index contributed by atoms with van der Waals surface area (Å²) < 4.78 is 27.3. The highest BCUT2D eigenvalue weighted by atomic mass is 79.9. The van der Waals surface area contributed by atoms with Gasteiger partial charge in [0.25, 0.3) is 0 Å². The first-order valence-electron chi connectivity index (χ1n) is 5.68. The summed E-state index contributed by atoms with van der Waals surface area (Å²) in [5.41, 5.74) is 6.09. The molecule has 0 saturated carbocycles. The Kier molecular flexibility index (Phi) is 4.72. The molecular formula is C11H14BrClN2O2S2. The van der Waals surface area contributed by atoms with Crippen molar-refractivity contribution in [2.24, 2.45) is 0 Å². The standard InChI is InChI=1S/C11H14BrClN2O2S2/c1-7-6-18-3-2-15(7)19(16,17)10-5-8(13)4-9(14)11(10)12/h4-5,7H,2-3,6,14H2,1H3. The molecule has 0 aliphatic carbocycles. The number of nitrogens with zero attached hydrogens (tertiary/aromatic N) is 1. The monoisotopic (exact) mass is 384 g/mol. The van der Waals surface area contributed by atoms with Gasteiger partial charge < -0.3 is 5.73 Å². The fourth-order valence-electron chi connectivity index (χ4n) is 1.97. The van der Waals surface area contributed by atoms with E-state index >= 15 is 0 Å². The van der Waals surface area contributed by atoms with Crippen LogP contribution in [0.15, 0.2) is 21.5 Å². The predicted octanol–water partition coefficient (Wildman–Crippen LogP) is 2.81. The van der Waals surface area contributed by atoms with Crippen LogP contribution in [0, 0.1) is 0 Å². The summed E-state index contributed by atoms with van der Waals surface area (Å²) in [6.45, 7) is 2.42. The average Bonchev–Trinajstić information content (AvgIpc) is 2.34. The molecule has 2 rings (SSSR count). The second-order valence-corrected chi connectivity index (χ2v) is 8.59. The molecule has 1 fully saturated rings. The lowest BCUT2D eigenvalue weighted by Crippen LogP contribution is -2.44. The lowest BCUT2D eigenvalue weighted by Gasteiger charge is -2.32. The van der Waals surface area contributed by atoms with Crippen LogP contribution in [0.5, 0.6) is 0 Å². The van der Waals surface area contributed by atoms with Gasteiger partial charge in [0.2, 0.25) is 10.0 Å². The van der Waals surface area contributed by atoms with Crippen molar-refractivity contribution in [2.75, 3.05) is 23.8 Å². The highest BCUT2D eigenvalue weighted by Gasteiger charge is 2.33. The molecule has 1 atom stereocenters. The van der Waals surface area contributed by atoms with Gasteiger partial charge in [-0.05, 0) is 35.0 Å². The molecule has 1 aliphatic rings. The second-order valence-electron chi connectivity index (χ2n) is 4.35. The predicted molar refractivity (Wildman–Crippen MR) is 84.2 cm³/mol. The van der Waals surface area contributed by atoms with Crippen molar-refractivity contribution in [1.29, 1.82) is 0 Å². The lowest BCUT2D eigenvalue weighted by molar-refractivity contribution is 0.367. The largest absolute Gasteiger partial charge is 0.398 e. The van der Waals surface area contributed by atoms with Gasteiger partial charge in [-0.15, -0.1) is 0 Å². The van der Waals surface area contributed by atoms with Crippen molar-refractivity contribution in [3.63, 3.8) is 0 Å². The van der Waals surface area contributed by atoms with E-state index in [1.807, 2.05) is 6.92 Å². The van der Waals surface area contributed by atoms with Gasteiger partial charge in [0, 0.05) is 34.8 Å². The number of thioether (sulfide) groups is 1. The van der Waals surface area contributed by atoms with Crippen molar-refractivity contribution in [1.82, 2.24) is 4.31 Å². The lowest BCUT2D eigenvalue weighted by atomic mass is 10.3. The minimum atomic E-state index is -3.58. The minimum Gasteiger partial charge on any atom is -0.398 e. The molecule has 8 heteroatoms. The van der Waals surface area contributed by atoms with Gasteiger partial charge in [-0.1, -0.05) is 11.6 Å². The maximum absolute atomic E-state index is 12.7. The third kappa shape index (κ3) is 3.05. The highest BCUT2D eigenvalue weighted by molar-refractivity contribution is 9.10. The number of nitrogens with two attached hydrogens (primary N) is 1. The number of hydrogen-bond acceptors (Lipinski definition) is 4. The van der Waals surface area contributed by atoms with Gasteiger partial charge in [-0.3, -0.25) is 0 Å². The molecule has 0 spiro atoms. The number of hydrogen-bond donors (Lipinski definition) is 1. The van der Waals surface area contributed by atoms with Crippen molar-refractivity contribution in [3.8, 4) is 0 Å². The van der Waals surface area contributed by atoms with Crippen LogP contribution in [0.3, 0.4) is 0 Å². The van der Waals surface area contributed by atoms with E-state index in [1.165, 1.54) is 16.4 Å². The molecule has 4 nitrogen and oxygen atoms in total. The van der Waals surface area contributed by atoms with Crippen molar-refractivity contribution in [3.05, 3.63) is 21.6 Å². The van der Waals surface area contributed by atoms with Crippen molar-refractivity contribution < 1.29 is 8.42 Å². The van der Waals surface area contributed by atoms with Crippen LogP contribution >= 0.6 is 39.3 Å². The number of nitrogen functional groups attached to an aromatic ring is 1. The van der Waals surface area contributed by atoms with Gasteiger partial charge in [-0.25, -0.2) is 8.42 Å². The first-order valence-corrected chi connectivity index (χ1v) is 9.44. The van der Waals surface area contributed by atoms with E-state index in [-0.39, 0.29) is 10.9 Å². The molecule has 1 aromatic carbocycles. The Hall–Kier alpha value is 0.0500. The highest BCUT2D eigenvalue weighted by Crippen LogP contribution is 2.34. The van der Waals surface area contributed by atoms with Crippen LogP contribution in [0.4, 0.5) is 5.69 Å². The zero-order valence-corrected chi connectivity index (χ0v) is 14.2. The van der Waals surface area contributed by atoms with Crippen LogP contribution in [0.1, 0.15) is 6.92 Å². The van der Waals surface area contributed by atoms with E-state index in [2.05, 4.69) is 15.9 Å². The first kappa shape index (κ1) is 15.4. The normalized spacial score (nSPS) is 21.5. The summed E-state index contributed by atoms with van der Waals surface area (Å²) in [5.74, 6) is 1.60. The first-order chi connectivity index (χ1) is 8.84. The van der Waals surface area contributed by atoms with Gasteiger partial charge in [0.1, 0.15) is 0 Å². The molecule has 0 aromatic heterocycles. The van der Waals surface area contributed by atoms with E-state index in [0.29, 0.717) is 21.7 Å². The Bertz CT molecular complexity index is 595. The molecule has 1 heterocycles. The number of rotatable bonds is 2. The molecule has 2 N–H and O–H groups in total. The third-order valence-corrected chi connectivity index (χ3v) is 7.52. The topological polar surface area (TPSA) is 63.4 Å². The molecule has 0 radical (unpaired) electrons. The zero-order chi connectivity index (χ0) is 14.2. The van der Waals surface area contributed by atoms with Crippen LogP contribution in [0.25, 0.3) is 0 Å². The number of sulfonamides is 1. The number of anilines is 1. The minimum absolute atomic E-state index is 0.0316. The SMILES string of the molecule is CC1CSCCN1S(=O)(=O)c1cc(Cl)cc(N)c1Br. The van der Waals surface area contributed by atoms with Crippen LogP contribution in [0.2, 0.25) is 5.02 Å². The fourth-order valence-corrected chi connectivity index (χ4v) is 6.08. The number of benzene rings is 1. The summed E-state index contributed by atoms with van der Waals surface area (Å²) in [6.07, 6.45) is 0. The molecule has 1 unspecified atom stereocenters. The molecular weight excluding hydrogens is 372 g/mol. The summed E-state index contributed by atoms with van der Waals surface area (Å²) >= 11 is 10.9. The van der Waals surface area contributed by atoms with Gasteiger partial charge in [0.15, 0.2) is 0 Å². The Morgan fingerprint density at radius 3 is 2.84 bits per heavy atom. The molecule has 1 saturated heterocycles. The number of halogens is 2.